The first kappa shape index (κ1) is 13.8. The van der Waals surface area contributed by atoms with Crippen LogP contribution in [0.4, 0.5) is 0 Å². The molecule has 2 aromatic rings. The predicted octanol–water partition coefficient (Wildman–Crippen LogP) is 4.81. The molecule has 0 spiro atoms. The predicted molar refractivity (Wildman–Crippen MR) is 80.3 cm³/mol. The summed E-state index contributed by atoms with van der Waals surface area (Å²) < 4.78 is 6.20. The van der Waals surface area contributed by atoms with Crippen molar-refractivity contribution in [3.05, 3.63) is 43.9 Å². The summed E-state index contributed by atoms with van der Waals surface area (Å²) in [6.45, 7) is 7.51. The highest BCUT2D eigenvalue weighted by Crippen LogP contribution is 2.35. The zero-order valence-corrected chi connectivity index (χ0v) is 13.3. The zero-order chi connectivity index (χ0) is 13.1. The van der Waals surface area contributed by atoms with Gasteiger partial charge in [0, 0.05) is 15.3 Å². The highest BCUT2D eigenvalue weighted by atomic mass is 79.9. The van der Waals surface area contributed by atoms with Gasteiger partial charge in [0.05, 0.1) is 12.3 Å². The molecule has 0 aliphatic rings. The molecule has 98 valence electrons. The van der Waals surface area contributed by atoms with Crippen LogP contribution in [0.25, 0.3) is 0 Å². The van der Waals surface area contributed by atoms with Crippen molar-refractivity contribution in [2.45, 2.75) is 33.2 Å². The molecule has 18 heavy (non-hydrogen) atoms. The minimum absolute atomic E-state index is 0.219. The number of nitrogens with one attached hydrogen (secondary N) is 1. The average molecular weight is 328 g/mol. The van der Waals surface area contributed by atoms with Crippen LogP contribution in [0.15, 0.2) is 27.5 Å². The van der Waals surface area contributed by atoms with Crippen LogP contribution in [0.3, 0.4) is 0 Å². The lowest BCUT2D eigenvalue weighted by Crippen LogP contribution is -2.22. The lowest BCUT2D eigenvalue weighted by atomic mass is 10.1. The van der Waals surface area contributed by atoms with Gasteiger partial charge in [-0.1, -0.05) is 6.92 Å². The van der Waals surface area contributed by atoms with E-state index in [9.17, 15) is 0 Å². The maximum atomic E-state index is 5.37. The van der Waals surface area contributed by atoms with Gasteiger partial charge in [-0.2, -0.15) is 0 Å². The summed E-state index contributed by atoms with van der Waals surface area (Å²) >= 11 is 5.34. The molecule has 0 fully saturated rings. The summed E-state index contributed by atoms with van der Waals surface area (Å²) in [4.78, 5) is 2.73. The molecule has 1 atom stereocenters. The Bertz CT molecular complexity index is 518. The lowest BCUT2D eigenvalue weighted by Gasteiger charge is -2.17. The zero-order valence-electron chi connectivity index (χ0n) is 10.9. The van der Waals surface area contributed by atoms with E-state index in [2.05, 4.69) is 48.1 Å². The van der Waals surface area contributed by atoms with Gasteiger partial charge in [0.2, 0.25) is 0 Å². The van der Waals surface area contributed by atoms with Crippen molar-refractivity contribution >= 4 is 27.3 Å². The fraction of sp³-hybridized carbons (Fsp3) is 0.429. The van der Waals surface area contributed by atoms with Crippen molar-refractivity contribution < 1.29 is 4.42 Å². The van der Waals surface area contributed by atoms with Crippen LogP contribution in [0.5, 0.6) is 0 Å². The van der Waals surface area contributed by atoms with Crippen LogP contribution in [-0.2, 0) is 0 Å². The van der Waals surface area contributed by atoms with E-state index < -0.39 is 0 Å². The van der Waals surface area contributed by atoms with Crippen LogP contribution in [0.2, 0.25) is 0 Å². The third kappa shape index (κ3) is 2.87. The fourth-order valence-corrected chi connectivity index (χ4v) is 3.69. The summed E-state index contributed by atoms with van der Waals surface area (Å²) in [5.74, 6) is 0. The van der Waals surface area contributed by atoms with Gasteiger partial charge in [0.15, 0.2) is 4.67 Å². The maximum Gasteiger partial charge on any atom is 0.174 e. The van der Waals surface area contributed by atoms with Crippen LogP contribution in [0.1, 0.15) is 40.3 Å². The number of hydrogen-bond donors (Lipinski definition) is 1. The quantitative estimate of drug-likeness (QED) is 0.852. The topological polar surface area (TPSA) is 25.2 Å². The summed E-state index contributed by atoms with van der Waals surface area (Å²) in [5, 5.41) is 3.60. The van der Waals surface area contributed by atoms with Gasteiger partial charge in [-0.25, -0.2) is 0 Å². The number of furan rings is 1. The van der Waals surface area contributed by atoms with Crippen LogP contribution in [-0.4, -0.2) is 6.54 Å². The Labute approximate surface area is 121 Å². The second-order valence-corrected chi connectivity index (χ2v) is 6.45. The first-order valence-electron chi connectivity index (χ1n) is 6.16. The molecule has 0 aliphatic carbocycles. The van der Waals surface area contributed by atoms with Crippen LogP contribution in [0, 0.1) is 13.8 Å². The first-order valence-corrected chi connectivity index (χ1v) is 7.77. The Balaban J connectivity index is 2.37. The molecule has 0 aliphatic heterocycles. The molecule has 2 nitrogen and oxygen atoms in total. The number of rotatable bonds is 5. The molecule has 0 saturated heterocycles. The van der Waals surface area contributed by atoms with Crippen molar-refractivity contribution in [2.75, 3.05) is 6.54 Å². The second-order valence-electron chi connectivity index (χ2n) is 4.44. The highest BCUT2D eigenvalue weighted by molar-refractivity contribution is 9.10. The number of hydrogen-bond acceptors (Lipinski definition) is 3. The normalized spacial score (nSPS) is 12.9. The van der Waals surface area contributed by atoms with Crippen molar-refractivity contribution in [3.8, 4) is 0 Å². The van der Waals surface area contributed by atoms with Gasteiger partial charge in [-0.3, -0.25) is 0 Å². The van der Waals surface area contributed by atoms with Crippen molar-refractivity contribution in [2.24, 2.45) is 0 Å². The molecule has 0 amide bonds. The van der Waals surface area contributed by atoms with Crippen molar-refractivity contribution in [1.29, 1.82) is 0 Å². The van der Waals surface area contributed by atoms with E-state index in [1.165, 1.54) is 20.9 Å². The molecule has 2 heterocycles. The number of aryl methyl sites for hydroxylation is 2. The molecular formula is C14H18BrNOS. The monoisotopic (exact) mass is 327 g/mol. The largest absolute Gasteiger partial charge is 0.457 e. The van der Waals surface area contributed by atoms with E-state index in [-0.39, 0.29) is 6.04 Å². The highest BCUT2D eigenvalue weighted by Gasteiger charge is 2.21. The van der Waals surface area contributed by atoms with Crippen LogP contribution < -0.4 is 5.32 Å². The Morgan fingerprint density at radius 1 is 1.44 bits per heavy atom. The van der Waals surface area contributed by atoms with Crippen LogP contribution >= 0.6 is 27.3 Å². The molecule has 4 heteroatoms. The number of halogens is 1. The molecule has 0 aromatic carbocycles. The average Bonchev–Trinajstić information content (AvgIpc) is 2.87. The molecule has 0 bridgehead atoms. The fourth-order valence-electron chi connectivity index (χ4n) is 2.09. The van der Waals surface area contributed by atoms with Gasteiger partial charge >= 0.3 is 0 Å². The van der Waals surface area contributed by atoms with Gasteiger partial charge in [-0.05, 0) is 60.4 Å². The van der Waals surface area contributed by atoms with Gasteiger partial charge in [0.25, 0.3) is 0 Å². The second kappa shape index (κ2) is 6.04. The molecule has 2 aromatic heterocycles. The summed E-state index contributed by atoms with van der Waals surface area (Å²) in [5.41, 5.74) is 2.52. The van der Waals surface area contributed by atoms with E-state index in [1.54, 1.807) is 6.26 Å². The molecule has 0 radical (unpaired) electrons. The molecule has 0 saturated carbocycles. The minimum Gasteiger partial charge on any atom is -0.457 e. The Kier molecular flexibility index (Phi) is 4.65. The maximum absolute atomic E-state index is 5.37. The van der Waals surface area contributed by atoms with E-state index in [1.807, 2.05) is 17.4 Å². The third-order valence-corrected chi connectivity index (χ3v) is 4.76. The van der Waals surface area contributed by atoms with Gasteiger partial charge in [0.1, 0.15) is 0 Å². The smallest absolute Gasteiger partial charge is 0.174 e. The molecule has 1 unspecified atom stereocenters. The van der Waals surface area contributed by atoms with Gasteiger partial charge in [-0.15, -0.1) is 11.3 Å². The van der Waals surface area contributed by atoms with Crippen molar-refractivity contribution in [1.82, 2.24) is 5.32 Å². The van der Waals surface area contributed by atoms with E-state index in [0.29, 0.717) is 0 Å². The molecule has 1 N–H and O–H groups in total. The Morgan fingerprint density at radius 3 is 2.72 bits per heavy atom. The summed E-state index contributed by atoms with van der Waals surface area (Å²) in [7, 11) is 0. The molecular weight excluding hydrogens is 310 g/mol. The SMILES string of the molecule is CCCNC(c1ccoc1Br)c1sc(C)cc1C. The minimum atomic E-state index is 0.219. The Hall–Kier alpha value is -0.580. The van der Waals surface area contributed by atoms with E-state index in [4.69, 9.17) is 4.42 Å². The van der Waals surface area contributed by atoms with Crippen molar-refractivity contribution in [3.63, 3.8) is 0 Å². The lowest BCUT2D eigenvalue weighted by molar-refractivity contribution is 0.524. The standard InChI is InChI=1S/C14H18BrNOS/c1-4-6-16-12(11-5-7-17-14(11)15)13-9(2)8-10(3)18-13/h5,7-8,12,16H,4,6H2,1-3H3. The van der Waals surface area contributed by atoms with E-state index in [0.717, 1.165) is 17.6 Å². The molecule has 2 rings (SSSR count). The Morgan fingerprint density at radius 2 is 2.22 bits per heavy atom. The number of thiophene rings is 1. The summed E-state index contributed by atoms with van der Waals surface area (Å²) in [6.07, 6.45) is 2.85. The third-order valence-electron chi connectivity index (χ3n) is 2.90. The van der Waals surface area contributed by atoms with Gasteiger partial charge < -0.3 is 9.73 Å². The van der Waals surface area contributed by atoms with E-state index >= 15 is 0 Å². The first-order chi connectivity index (χ1) is 8.63. The summed E-state index contributed by atoms with van der Waals surface area (Å²) in [6, 6.07) is 4.50.